The highest BCUT2D eigenvalue weighted by atomic mass is 15.1. The maximum atomic E-state index is 5.10. The van der Waals surface area contributed by atoms with Gasteiger partial charge in [0.2, 0.25) is 0 Å². The summed E-state index contributed by atoms with van der Waals surface area (Å²) in [5, 5.41) is 2.47. The lowest BCUT2D eigenvalue weighted by Crippen LogP contribution is -1.95. The van der Waals surface area contributed by atoms with Gasteiger partial charge in [0, 0.05) is 23.7 Å². The van der Waals surface area contributed by atoms with Crippen molar-refractivity contribution in [1.29, 1.82) is 0 Å². The normalized spacial score (nSPS) is 11.0. The summed E-state index contributed by atoms with van der Waals surface area (Å²) in [4.78, 5) is 5.10. The number of rotatable bonds is 3. The highest BCUT2D eigenvalue weighted by Crippen LogP contribution is 2.35. The van der Waals surface area contributed by atoms with Gasteiger partial charge in [-0.15, -0.1) is 0 Å². The van der Waals surface area contributed by atoms with Gasteiger partial charge in [-0.1, -0.05) is 97.1 Å². The Kier molecular flexibility index (Phi) is 4.02. The molecule has 0 radical (unpaired) electrons. The van der Waals surface area contributed by atoms with Crippen LogP contribution in [0.1, 0.15) is 0 Å². The molecule has 0 amide bonds. The van der Waals surface area contributed by atoms with Crippen LogP contribution in [0.15, 0.2) is 103 Å². The molecule has 0 unspecified atom stereocenters. The lowest BCUT2D eigenvalue weighted by atomic mass is 10.0. The average molecular weight is 360 g/mol. The number of hydrogen-bond donors (Lipinski definition) is 0. The van der Waals surface area contributed by atoms with Crippen LogP contribution >= 0.6 is 0 Å². The molecule has 5 aromatic rings. The van der Waals surface area contributed by atoms with Gasteiger partial charge in [0.15, 0.2) is 0 Å². The molecule has 0 fully saturated rings. The van der Waals surface area contributed by atoms with Crippen molar-refractivity contribution in [3.05, 3.63) is 103 Å². The van der Waals surface area contributed by atoms with Crippen molar-refractivity contribution < 1.29 is 0 Å². The first-order valence-electron chi connectivity index (χ1n) is 9.48. The van der Waals surface area contributed by atoms with Gasteiger partial charge in [-0.2, -0.15) is 0 Å². The molecule has 2 heteroatoms. The summed E-state index contributed by atoms with van der Waals surface area (Å²) in [5.41, 5.74) is 5.57. The number of aromatic nitrogens is 2. The molecule has 0 atom stereocenters. The van der Waals surface area contributed by atoms with Crippen LogP contribution in [0.2, 0.25) is 0 Å². The molecule has 134 valence electrons. The Morgan fingerprint density at radius 1 is 0.571 bits per heavy atom. The molecule has 0 saturated carbocycles. The minimum absolute atomic E-state index is 0.975. The fraction of sp³-hybridized carbons (Fsp3) is 0.0385. The van der Waals surface area contributed by atoms with Crippen molar-refractivity contribution >= 4 is 10.8 Å². The van der Waals surface area contributed by atoms with Crippen LogP contribution in [-0.2, 0) is 7.05 Å². The number of benzene rings is 4. The second-order valence-corrected chi connectivity index (χ2v) is 6.99. The van der Waals surface area contributed by atoms with Gasteiger partial charge in [0.05, 0.1) is 11.4 Å². The van der Waals surface area contributed by atoms with E-state index in [0.29, 0.717) is 0 Å². The van der Waals surface area contributed by atoms with E-state index in [1.807, 2.05) is 12.1 Å². The number of fused-ring (bicyclic) bond motifs is 1. The third-order valence-electron chi connectivity index (χ3n) is 5.20. The Morgan fingerprint density at radius 2 is 1.18 bits per heavy atom. The van der Waals surface area contributed by atoms with E-state index in [-0.39, 0.29) is 0 Å². The third-order valence-corrected chi connectivity index (χ3v) is 5.20. The second kappa shape index (κ2) is 6.82. The minimum Gasteiger partial charge on any atom is -0.327 e. The van der Waals surface area contributed by atoms with E-state index in [9.17, 15) is 0 Å². The van der Waals surface area contributed by atoms with E-state index in [1.165, 1.54) is 16.3 Å². The molecule has 0 N–H and O–H groups in total. The molecule has 0 bridgehead atoms. The Hall–Kier alpha value is -3.65. The molecule has 0 aliphatic heterocycles. The molecule has 0 aliphatic rings. The zero-order valence-corrected chi connectivity index (χ0v) is 15.7. The third kappa shape index (κ3) is 2.80. The van der Waals surface area contributed by atoms with Gasteiger partial charge in [-0.3, -0.25) is 0 Å². The number of hydrogen-bond acceptors (Lipinski definition) is 1. The maximum absolute atomic E-state index is 5.10. The van der Waals surface area contributed by atoms with Crippen molar-refractivity contribution in [2.75, 3.05) is 0 Å². The Labute approximate surface area is 164 Å². The van der Waals surface area contributed by atoms with Crippen LogP contribution in [0.3, 0.4) is 0 Å². The summed E-state index contributed by atoms with van der Waals surface area (Å²) in [5.74, 6) is 0.975. The summed E-state index contributed by atoms with van der Waals surface area (Å²) in [7, 11) is 2.10. The molecular formula is C26H20N2. The predicted molar refractivity (Wildman–Crippen MR) is 117 cm³/mol. The van der Waals surface area contributed by atoms with Crippen LogP contribution in [0.5, 0.6) is 0 Å². The van der Waals surface area contributed by atoms with Gasteiger partial charge in [-0.25, -0.2) is 4.98 Å². The topological polar surface area (TPSA) is 17.8 Å². The molecule has 0 saturated heterocycles. The number of nitrogens with zero attached hydrogens (tertiary/aromatic N) is 2. The average Bonchev–Trinajstić information content (AvgIpc) is 3.12. The summed E-state index contributed by atoms with van der Waals surface area (Å²) in [6.07, 6.45) is 0. The smallest absolute Gasteiger partial charge is 0.140 e. The maximum Gasteiger partial charge on any atom is 0.140 e. The molecule has 4 aromatic carbocycles. The first kappa shape index (κ1) is 16.5. The van der Waals surface area contributed by atoms with Gasteiger partial charge >= 0.3 is 0 Å². The van der Waals surface area contributed by atoms with E-state index in [1.54, 1.807) is 0 Å². The van der Waals surface area contributed by atoms with Crippen molar-refractivity contribution in [3.63, 3.8) is 0 Å². The van der Waals surface area contributed by atoms with E-state index in [4.69, 9.17) is 4.98 Å². The number of imidazole rings is 1. The van der Waals surface area contributed by atoms with E-state index in [2.05, 4.69) is 103 Å². The van der Waals surface area contributed by atoms with Crippen LogP contribution in [-0.4, -0.2) is 9.55 Å². The molecule has 0 spiro atoms. The highest BCUT2D eigenvalue weighted by molar-refractivity contribution is 5.88. The Bertz CT molecular complexity index is 1250. The molecule has 0 aliphatic carbocycles. The lowest BCUT2D eigenvalue weighted by molar-refractivity contribution is 0.933. The lowest BCUT2D eigenvalue weighted by Gasteiger charge is -2.08. The fourth-order valence-corrected chi connectivity index (χ4v) is 3.81. The first-order valence-corrected chi connectivity index (χ1v) is 9.48. The summed E-state index contributed by atoms with van der Waals surface area (Å²) in [6, 6.07) is 35.9. The summed E-state index contributed by atoms with van der Waals surface area (Å²) < 4.78 is 2.21. The summed E-state index contributed by atoms with van der Waals surface area (Å²) >= 11 is 0. The van der Waals surface area contributed by atoms with Crippen molar-refractivity contribution in [2.24, 2.45) is 7.05 Å². The van der Waals surface area contributed by atoms with Gasteiger partial charge < -0.3 is 4.57 Å². The minimum atomic E-state index is 0.975. The second-order valence-electron chi connectivity index (χ2n) is 6.99. The molecule has 5 rings (SSSR count). The Balaban J connectivity index is 1.76. The van der Waals surface area contributed by atoms with Crippen LogP contribution < -0.4 is 0 Å². The van der Waals surface area contributed by atoms with Crippen molar-refractivity contribution in [2.45, 2.75) is 0 Å². The predicted octanol–water partition coefficient (Wildman–Crippen LogP) is 6.57. The fourth-order valence-electron chi connectivity index (χ4n) is 3.81. The SMILES string of the molecule is Cn1c(-c2ccc3ccccc3c2)nc(-c2ccccc2)c1-c1ccccc1. The van der Waals surface area contributed by atoms with Crippen molar-refractivity contribution in [3.8, 4) is 33.9 Å². The van der Waals surface area contributed by atoms with Gasteiger partial charge in [0.25, 0.3) is 0 Å². The quantitative estimate of drug-likeness (QED) is 0.355. The highest BCUT2D eigenvalue weighted by Gasteiger charge is 2.18. The molecule has 1 aromatic heterocycles. The van der Waals surface area contributed by atoms with Crippen molar-refractivity contribution in [1.82, 2.24) is 9.55 Å². The van der Waals surface area contributed by atoms with E-state index < -0.39 is 0 Å². The zero-order valence-electron chi connectivity index (χ0n) is 15.7. The monoisotopic (exact) mass is 360 g/mol. The molecule has 28 heavy (non-hydrogen) atoms. The van der Waals surface area contributed by atoms with Crippen LogP contribution in [0.4, 0.5) is 0 Å². The molecule has 1 heterocycles. The van der Waals surface area contributed by atoms with Gasteiger partial charge in [-0.05, 0) is 16.8 Å². The van der Waals surface area contributed by atoms with Crippen LogP contribution in [0, 0.1) is 0 Å². The molecule has 2 nitrogen and oxygen atoms in total. The Morgan fingerprint density at radius 3 is 1.89 bits per heavy atom. The first-order chi connectivity index (χ1) is 13.8. The standard InChI is InChI=1S/C26H20N2/c1-28-25(21-13-6-3-7-14-21)24(20-11-4-2-5-12-20)27-26(28)23-17-16-19-10-8-9-15-22(19)18-23/h2-18H,1H3. The summed E-state index contributed by atoms with van der Waals surface area (Å²) in [6.45, 7) is 0. The van der Waals surface area contributed by atoms with Crippen LogP contribution in [0.25, 0.3) is 44.7 Å². The zero-order chi connectivity index (χ0) is 18.9. The largest absolute Gasteiger partial charge is 0.327 e. The van der Waals surface area contributed by atoms with E-state index in [0.717, 1.165) is 28.3 Å². The van der Waals surface area contributed by atoms with E-state index >= 15 is 0 Å². The molecular weight excluding hydrogens is 340 g/mol. The van der Waals surface area contributed by atoms with Gasteiger partial charge in [0.1, 0.15) is 5.82 Å².